The fourth-order valence-corrected chi connectivity index (χ4v) is 2.75. The van der Waals surface area contributed by atoms with E-state index in [4.69, 9.17) is 5.53 Å². The van der Waals surface area contributed by atoms with Gasteiger partial charge in [-0.1, -0.05) is 25.9 Å². The topological polar surface area (TPSA) is 48.8 Å². The van der Waals surface area contributed by atoms with Gasteiger partial charge in [0.15, 0.2) is 0 Å². The SMILES string of the molecule is CC(C)(C)SC1CCC1N=[N+]=[N-]. The molecular formula is C8H15N3S. The first kappa shape index (κ1) is 9.75. The maximum atomic E-state index is 8.27. The standard InChI is InChI=1S/C8H15N3S/c1-8(2,3)12-7-5-4-6(7)10-11-9/h6-7H,4-5H2,1-3H3. The van der Waals surface area contributed by atoms with Gasteiger partial charge < -0.3 is 0 Å². The molecule has 4 heteroatoms. The molecule has 0 aromatic heterocycles. The highest BCUT2D eigenvalue weighted by Crippen LogP contribution is 2.40. The monoisotopic (exact) mass is 185 g/mol. The van der Waals surface area contributed by atoms with Crippen LogP contribution in [0.25, 0.3) is 10.4 Å². The molecule has 1 fully saturated rings. The third kappa shape index (κ3) is 2.61. The molecule has 0 radical (unpaired) electrons. The number of thioether (sulfide) groups is 1. The van der Waals surface area contributed by atoms with Gasteiger partial charge in [-0.25, -0.2) is 0 Å². The van der Waals surface area contributed by atoms with Crippen molar-refractivity contribution in [2.45, 2.75) is 49.7 Å². The van der Waals surface area contributed by atoms with Crippen LogP contribution in [0.5, 0.6) is 0 Å². The summed E-state index contributed by atoms with van der Waals surface area (Å²) in [5.74, 6) is 0. The van der Waals surface area contributed by atoms with Crippen molar-refractivity contribution in [3.63, 3.8) is 0 Å². The lowest BCUT2D eigenvalue weighted by Gasteiger charge is -2.37. The molecule has 2 atom stereocenters. The van der Waals surface area contributed by atoms with Crippen LogP contribution in [0.1, 0.15) is 33.6 Å². The molecule has 0 bridgehead atoms. The minimum atomic E-state index is 0.249. The minimum absolute atomic E-state index is 0.249. The van der Waals surface area contributed by atoms with E-state index in [1.165, 1.54) is 6.42 Å². The molecule has 68 valence electrons. The van der Waals surface area contributed by atoms with Crippen LogP contribution in [0, 0.1) is 0 Å². The highest BCUT2D eigenvalue weighted by molar-refractivity contribution is 8.01. The van der Waals surface area contributed by atoms with Crippen molar-refractivity contribution in [1.82, 2.24) is 0 Å². The lowest BCUT2D eigenvalue weighted by molar-refractivity contribution is 0.429. The van der Waals surface area contributed by atoms with E-state index in [9.17, 15) is 0 Å². The number of rotatable bonds is 2. The van der Waals surface area contributed by atoms with Crippen molar-refractivity contribution in [2.24, 2.45) is 5.11 Å². The first-order chi connectivity index (χ1) is 5.53. The molecule has 0 N–H and O–H groups in total. The molecule has 0 saturated heterocycles. The Kier molecular flexibility index (Phi) is 2.91. The van der Waals surface area contributed by atoms with Crippen molar-refractivity contribution in [2.75, 3.05) is 0 Å². The first-order valence-corrected chi connectivity index (χ1v) is 5.13. The molecule has 1 aliphatic carbocycles. The van der Waals surface area contributed by atoms with Crippen molar-refractivity contribution < 1.29 is 0 Å². The Bertz CT molecular complexity index is 203. The Labute approximate surface area is 77.5 Å². The second-order valence-corrected chi connectivity index (χ2v) is 6.18. The predicted octanol–water partition coefficient (Wildman–Crippen LogP) is 3.36. The molecule has 12 heavy (non-hydrogen) atoms. The second kappa shape index (κ2) is 3.58. The van der Waals surface area contributed by atoms with Crippen LogP contribution in [-0.4, -0.2) is 16.0 Å². The summed E-state index contributed by atoms with van der Waals surface area (Å²) in [6.45, 7) is 6.59. The average molecular weight is 185 g/mol. The van der Waals surface area contributed by atoms with E-state index in [1.54, 1.807) is 0 Å². The van der Waals surface area contributed by atoms with Gasteiger partial charge in [-0.15, -0.1) is 0 Å². The van der Waals surface area contributed by atoms with E-state index in [0.717, 1.165) is 6.42 Å². The molecule has 0 spiro atoms. The normalized spacial score (nSPS) is 28.9. The summed E-state index contributed by atoms with van der Waals surface area (Å²) < 4.78 is 0.286. The molecule has 2 unspecified atom stereocenters. The van der Waals surface area contributed by atoms with E-state index in [1.807, 2.05) is 11.8 Å². The number of nitrogens with zero attached hydrogens (tertiary/aromatic N) is 3. The van der Waals surface area contributed by atoms with Crippen LogP contribution in [-0.2, 0) is 0 Å². The maximum absolute atomic E-state index is 8.27. The third-order valence-corrected chi connectivity index (χ3v) is 3.44. The van der Waals surface area contributed by atoms with Gasteiger partial charge in [0.05, 0.1) is 0 Å². The van der Waals surface area contributed by atoms with E-state index >= 15 is 0 Å². The van der Waals surface area contributed by atoms with Gasteiger partial charge in [0.25, 0.3) is 0 Å². The van der Waals surface area contributed by atoms with Gasteiger partial charge in [0, 0.05) is 21.0 Å². The van der Waals surface area contributed by atoms with Gasteiger partial charge in [-0.05, 0) is 18.4 Å². The largest absolute Gasteiger partial charge is 0.152 e. The Morgan fingerprint density at radius 2 is 2.08 bits per heavy atom. The lowest BCUT2D eigenvalue weighted by atomic mass is 9.93. The van der Waals surface area contributed by atoms with Crippen LogP contribution in [0.4, 0.5) is 0 Å². The molecule has 1 rings (SSSR count). The Hall–Kier alpha value is -0.340. The zero-order chi connectivity index (χ0) is 9.19. The molecular weight excluding hydrogens is 170 g/mol. The van der Waals surface area contributed by atoms with Crippen LogP contribution in [0.3, 0.4) is 0 Å². The van der Waals surface area contributed by atoms with Crippen LogP contribution in [0.15, 0.2) is 5.11 Å². The zero-order valence-electron chi connectivity index (χ0n) is 7.82. The number of azide groups is 1. The maximum Gasteiger partial charge on any atom is 0.0493 e. The van der Waals surface area contributed by atoms with Crippen LogP contribution in [0.2, 0.25) is 0 Å². The van der Waals surface area contributed by atoms with Crippen molar-refractivity contribution in [1.29, 1.82) is 0 Å². The quantitative estimate of drug-likeness (QED) is 0.369. The van der Waals surface area contributed by atoms with Gasteiger partial charge in [0.2, 0.25) is 0 Å². The molecule has 0 aromatic rings. The molecule has 0 aliphatic heterocycles. The number of hydrogen-bond donors (Lipinski definition) is 0. The molecule has 1 aliphatic rings. The highest BCUT2D eigenvalue weighted by Gasteiger charge is 2.33. The molecule has 3 nitrogen and oxygen atoms in total. The fraction of sp³-hybridized carbons (Fsp3) is 1.00. The van der Waals surface area contributed by atoms with Crippen molar-refractivity contribution >= 4 is 11.8 Å². The lowest BCUT2D eigenvalue weighted by Crippen LogP contribution is -2.35. The number of hydrogen-bond acceptors (Lipinski definition) is 2. The van der Waals surface area contributed by atoms with E-state index < -0.39 is 0 Å². The summed E-state index contributed by atoms with van der Waals surface area (Å²) in [7, 11) is 0. The summed E-state index contributed by atoms with van der Waals surface area (Å²) >= 11 is 1.93. The van der Waals surface area contributed by atoms with Crippen molar-refractivity contribution in [3.05, 3.63) is 10.4 Å². The van der Waals surface area contributed by atoms with Crippen molar-refractivity contribution in [3.8, 4) is 0 Å². The minimum Gasteiger partial charge on any atom is -0.152 e. The second-order valence-electron chi connectivity index (χ2n) is 4.12. The molecule has 0 aromatic carbocycles. The molecule has 0 heterocycles. The summed E-state index contributed by atoms with van der Waals surface area (Å²) in [6, 6.07) is 0.249. The Morgan fingerprint density at radius 1 is 1.42 bits per heavy atom. The van der Waals surface area contributed by atoms with E-state index in [-0.39, 0.29) is 10.8 Å². The summed E-state index contributed by atoms with van der Waals surface area (Å²) in [5.41, 5.74) is 8.27. The van der Waals surface area contributed by atoms with Crippen LogP contribution >= 0.6 is 11.8 Å². The smallest absolute Gasteiger partial charge is 0.0493 e. The van der Waals surface area contributed by atoms with E-state index in [0.29, 0.717) is 5.25 Å². The van der Waals surface area contributed by atoms with E-state index in [2.05, 4.69) is 30.8 Å². The average Bonchev–Trinajstić information content (AvgIpc) is 1.92. The first-order valence-electron chi connectivity index (χ1n) is 4.25. The highest BCUT2D eigenvalue weighted by atomic mass is 32.2. The summed E-state index contributed by atoms with van der Waals surface area (Å²) in [4.78, 5) is 2.85. The molecule has 1 saturated carbocycles. The predicted molar refractivity (Wildman–Crippen MR) is 53.3 cm³/mol. The summed E-state index contributed by atoms with van der Waals surface area (Å²) in [6.07, 6.45) is 2.27. The zero-order valence-corrected chi connectivity index (χ0v) is 8.64. The molecule has 0 amide bonds. The Morgan fingerprint density at radius 3 is 2.42 bits per heavy atom. The van der Waals surface area contributed by atoms with Gasteiger partial charge >= 0.3 is 0 Å². The van der Waals surface area contributed by atoms with Gasteiger partial charge in [-0.2, -0.15) is 11.8 Å². The van der Waals surface area contributed by atoms with Crippen LogP contribution < -0.4 is 0 Å². The van der Waals surface area contributed by atoms with Gasteiger partial charge in [0.1, 0.15) is 0 Å². The summed E-state index contributed by atoms with van der Waals surface area (Å²) in [5, 5.41) is 4.31. The fourth-order valence-electron chi connectivity index (χ4n) is 1.24. The third-order valence-electron chi connectivity index (χ3n) is 1.88. The Balaban J connectivity index is 2.40. The van der Waals surface area contributed by atoms with Gasteiger partial charge in [-0.3, -0.25) is 0 Å².